The normalized spacial score (nSPS) is 24.2. The molecular formula is C15H24N2O2S. The molecule has 0 radical (unpaired) electrons. The molecule has 1 saturated carbocycles. The Kier molecular flexibility index (Phi) is 4.49. The van der Waals surface area contributed by atoms with Crippen LogP contribution in [-0.2, 0) is 16.0 Å². The summed E-state index contributed by atoms with van der Waals surface area (Å²) in [6, 6.07) is 0.256. The molecule has 1 heterocycles. The molecule has 0 aromatic carbocycles. The van der Waals surface area contributed by atoms with E-state index in [2.05, 4.69) is 18.8 Å². The molecule has 5 heteroatoms. The van der Waals surface area contributed by atoms with Crippen LogP contribution >= 0.6 is 11.3 Å². The first-order valence-corrected chi connectivity index (χ1v) is 8.02. The van der Waals surface area contributed by atoms with Crippen LogP contribution in [0.4, 0.5) is 0 Å². The summed E-state index contributed by atoms with van der Waals surface area (Å²) in [4.78, 5) is 18.6. The summed E-state index contributed by atoms with van der Waals surface area (Å²) in [6.45, 7) is 9.07. The van der Waals surface area contributed by atoms with Gasteiger partial charge in [0.1, 0.15) is 0 Å². The molecule has 2 rings (SSSR count). The number of rotatable bonds is 5. The molecule has 0 N–H and O–H groups in total. The molecule has 4 nitrogen and oxygen atoms in total. The molecular weight excluding hydrogens is 272 g/mol. The van der Waals surface area contributed by atoms with Crippen molar-refractivity contribution in [3.8, 4) is 0 Å². The minimum absolute atomic E-state index is 0.0262. The molecule has 112 valence electrons. The maximum absolute atomic E-state index is 12.4. The van der Waals surface area contributed by atoms with Crippen LogP contribution in [0.3, 0.4) is 0 Å². The van der Waals surface area contributed by atoms with E-state index in [4.69, 9.17) is 4.74 Å². The minimum atomic E-state index is 0.0262. The average Bonchev–Trinajstić information content (AvgIpc) is 2.78. The second kappa shape index (κ2) is 5.82. The van der Waals surface area contributed by atoms with Crippen molar-refractivity contribution < 1.29 is 9.53 Å². The zero-order chi connectivity index (χ0) is 14.9. The smallest absolute Gasteiger partial charge is 0.228 e. The van der Waals surface area contributed by atoms with Crippen molar-refractivity contribution in [1.82, 2.24) is 9.88 Å². The van der Waals surface area contributed by atoms with Crippen LogP contribution in [0.15, 0.2) is 5.38 Å². The van der Waals surface area contributed by atoms with E-state index in [1.807, 2.05) is 31.2 Å². The number of aryl methyl sites for hydroxylation is 1. The molecule has 1 fully saturated rings. The van der Waals surface area contributed by atoms with Crippen LogP contribution in [0.25, 0.3) is 0 Å². The number of amides is 1. The number of carbonyl (C=O) groups is 1. The van der Waals surface area contributed by atoms with E-state index in [-0.39, 0.29) is 23.5 Å². The summed E-state index contributed by atoms with van der Waals surface area (Å²) >= 11 is 1.59. The predicted octanol–water partition coefficient (Wildman–Crippen LogP) is 2.66. The fourth-order valence-electron chi connectivity index (χ4n) is 2.95. The highest BCUT2D eigenvalue weighted by Crippen LogP contribution is 2.45. The minimum Gasteiger partial charge on any atom is -0.378 e. The van der Waals surface area contributed by atoms with Crippen molar-refractivity contribution in [3.05, 3.63) is 16.1 Å². The fraction of sp³-hybridized carbons (Fsp3) is 0.733. The zero-order valence-electron chi connectivity index (χ0n) is 13.0. The van der Waals surface area contributed by atoms with Crippen LogP contribution in [0.2, 0.25) is 0 Å². The van der Waals surface area contributed by atoms with Gasteiger partial charge in [-0.15, -0.1) is 11.3 Å². The topological polar surface area (TPSA) is 42.4 Å². The van der Waals surface area contributed by atoms with Gasteiger partial charge < -0.3 is 9.64 Å². The molecule has 1 aromatic heterocycles. The van der Waals surface area contributed by atoms with Crippen molar-refractivity contribution in [2.75, 3.05) is 13.7 Å². The molecule has 0 spiro atoms. The Labute approximate surface area is 125 Å². The van der Waals surface area contributed by atoms with Gasteiger partial charge in [-0.25, -0.2) is 4.98 Å². The molecule has 2 atom stereocenters. The molecule has 1 amide bonds. The molecule has 0 aliphatic heterocycles. The van der Waals surface area contributed by atoms with Gasteiger partial charge in [0.25, 0.3) is 0 Å². The Balaban J connectivity index is 1.95. The van der Waals surface area contributed by atoms with Gasteiger partial charge in [-0.1, -0.05) is 13.8 Å². The molecule has 2 unspecified atom stereocenters. The Morgan fingerprint density at radius 3 is 2.80 bits per heavy atom. The zero-order valence-corrected chi connectivity index (χ0v) is 13.8. The summed E-state index contributed by atoms with van der Waals surface area (Å²) in [5.41, 5.74) is 0.904. The lowest BCUT2D eigenvalue weighted by molar-refractivity contribution is -0.162. The van der Waals surface area contributed by atoms with E-state index in [1.165, 1.54) is 0 Å². The number of carbonyl (C=O) groups excluding carboxylic acids is 1. The molecule has 1 aromatic rings. The summed E-state index contributed by atoms with van der Waals surface area (Å²) < 4.78 is 5.73. The molecule has 20 heavy (non-hydrogen) atoms. The van der Waals surface area contributed by atoms with E-state index >= 15 is 0 Å². The van der Waals surface area contributed by atoms with Crippen LogP contribution in [-0.4, -0.2) is 41.6 Å². The number of ether oxygens (including phenoxy) is 1. The van der Waals surface area contributed by atoms with Crippen LogP contribution < -0.4 is 0 Å². The van der Waals surface area contributed by atoms with Crippen molar-refractivity contribution in [3.63, 3.8) is 0 Å². The van der Waals surface area contributed by atoms with Gasteiger partial charge in [0, 0.05) is 30.5 Å². The van der Waals surface area contributed by atoms with E-state index < -0.39 is 0 Å². The number of thiazole rings is 1. The third-order valence-electron chi connectivity index (χ3n) is 4.35. The average molecular weight is 296 g/mol. The first-order chi connectivity index (χ1) is 9.36. The SMILES string of the molecule is CCOC1CC(N(C)C(=O)Cc2csc(C)n2)C1(C)C. The van der Waals surface area contributed by atoms with Gasteiger partial charge in [0.15, 0.2) is 0 Å². The Hall–Kier alpha value is -0.940. The lowest BCUT2D eigenvalue weighted by Crippen LogP contribution is -2.62. The second-order valence-electron chi connectivity index (χ2n) is 6.06. The Morgan fingerprint density at radius 1 is 1.60 bits per heavy atom. The largest absolute Gasteiger partial charge is 0.378 e. The highest BCUT2D eigenvalue weighted by Gasteiger charge is 2.51. The standard InChI is InChI=1S/C15H24N2O2S/c1-6-19-13-8-12(15(13,3)4)17(5)14(18)7-11-9-20-10(2)16-11/h9,12-13H,6-8H2,1-5H3. The summed E-state index contributed by atoms with van der Waals surface area (Å²) in [5.74, 6) is 0.142. The summed E-state index contributed by atoms with van der Waals surface area (Å²) in [6.07, 6.45) is 1.58. The van der Waals surface area contributed by atoms with Crippen LogP contribution in [0.1, 0.15) is 37.9 Å². The Morgan fingerprint density at radius 2 is 2.30 bits per heavy atom. The Bertz CT molecular complexity index is 484. The number of aromatic nitrogens is 1. The van der Waals surface area contributed by atoms with Crippen molar-refractivity contribution in [2.24, 2.45) is 5.41 Å². The third-order valence-corrected chi connectivity index (χ3v) is 5.18. The van der Waals surface area contributed by atoms with E-state index in [1.54, 1.807) is 11.3 Å². The highest BCUT2D eigenvalue weighted by atomic mass is 32.1. The van der Waals surface area contributed by atoms with Gasteiger partial charge in [-0.3, -0.25) is 4.79 Å². The highest BCUT2D eigenvalue weighted by molar-refractivity contribution is 7.09. The first-order valence-electron chi connectivity index (χ1n) is 7.14. The van der Waals surface area contributed by atoms with Gasteiger partial charge in [0.05, 0.1) is 23.2 Å². The monoisotopic (exact) mass is 296 g/mol. The first kappa shape index (κ1) is 15.4. The predicted molar refractivity (Wildman–Crippen MR) is 80.9 cm³/mol. The fourth-order valence-corrected chi connectivity index (χ4v) is 3.56. The van der Waals surface area contributed by atoms with Gasteiger partial charge in [0.2, 0.25) is 5.91 Å². The number of hydrogen-bond acceptors (Lipinski definition) is 4. The maximum atomic E-state index is 12.4. The van der Waals surface area contributed by atoms with E-state index in [0.29, 0.717) is 6.42 Å². The summed E-state index contributed by atoms with van der Waals surface area (Å²) in [7, 11) is 1.90. The van der Waals surface area contributed by atoms with Crippen molar-refractivity contribution >= 4 is 17.2 Å². The van der Waals surface area contributed by atoms with Crippen molar-refractivity contribution in [1.29, 1.82) is 0 Å². The van der Waals surface area contributed by atoms with E-state index in [9.17, 15) is 4.79 Å². The van der Waals surface area contributed by atoms with Gasteiger partial charge >= 0.3 is 0 Å². The molecule has 0 saturated heterocycles. The van der Waals surface area contributed by atoms with Crippen LogP contribution in [0.5, 0.6) is 0 Å². The molecule has 0 bridgehead atoms. The molecule has 1 aliphatic carbocycles. The third kappa shape index (κ3) is 2.88. The molecule has 1 aliphatic rings. The lowest BCUT2D eigenvalue weighted by atomic mass is 9.63. The lowest BCUT2D eigenvalue weighted by Gasteiger charge is -2.54. The quantitative estimate of drug-likeness (QED) is 0.839. The van der Waals surface area contributed by atoms with Crippen molar-refractivity contribution in [2.45, 2.75) is 52.7 Å². The van der Waals surface area contributed by atoms with E-state index in [0.717, 1.165) is 23.7 Å². The number of hydrogen-bond donors (Lipinski definition) is 0. The van der Waals surface area contributed by atoms with Gasteiger partial charge in [-0.2, -0.15) is 0 Å². The van der Waals surface area contributed by atoms with Gasteiger partial charge in [-0.05, 0) is 20.3 Å². The maximum Gasteiger partial charge on any atom is 0.228 e. The number of likely N-dealkylation sites (N-methyl/N-ethyl adjacent to an activating group) is 1. The van der Waals surface area contributed by atoms with Crippen LogP contribution in [0, 0.1) is 12.3 Å². The second-order valence-corrected chi connectivity index (χ2v) is 7.12. The summed E-state index contributed by atoms with van der Waals surface area (Å²) in [5, 5.41) is 2.98. The number of nitrogens with zero attached hydrogens (tertiary/aromatic N) is 2.